The fraction of sp³-hybridized carbons (Fsp3) is 0.269. The lowest BCUT2D eigenvalue weighted by Crippen LogP contribution is -2.40. The summed E-state index contributed by atoms with van der Waals surface area (Å²) in [5.41, 5.74) is 1.16. The number of amides is 1. The summed E-state index contributed by atoms with van der Waals surface area (Å²) in [4.78, 5) is 33.0. The van der Waals surface area contributed by atoms with Crippen molar-refractivity contribution in [3.8, 4) is 5.69 Å². The molecule has 1 N–H and O–H groups in total. The van der Waals surface area contributed by atoms with Crippen molar-refractivity contribution in [1.29, 1.82) is 0 Å². The van der Waals surface area contributed by atoms with E-state index in [4.69, 9.17) is 44.5 Å². The number of hydrogen-bond acceptors (Lipinski definition) is 8. The van der Waals surface area contributed by atoms with Crippen LogP contribution in [0.15, 0.2) is 51.2 Å². The summed E-state index contributed by atoms with van der Waals surface area (Å²) < 4.78 is 34.2. The molecule has 0 saturated carbocycles. The summed E-state index contributed by atoms with van der Waals surface area (Å²) in [6.45, 7) is 4.89. The summed E-state index contributed by atoms with van der Waals surface area (Å²) in [5, 5.41) is 4.25. The van der Waals surface area contributed by atoms with Crippen LogP contribution in [0.1, 0.15) is 10.4 Å². The van der Waals surface area contributed by atoms with Crippen LogP contribution in [0, 0.1) is 13.8 Å². The average molecular weight is 674 g/mol. The number of halogens is 3. The average Bonchev–Trinajstić information content (AvgIpc) is 3.23. The Labute approximate surface area is 259 Å². The number of aromatic nitrogens is 2. The number of sulfonamides is 1. The second kappa shape index (κ2) is 12.2. The molecular weight excluding hydrogens is 651 g/mol. The van der Waals surface area contributed by atoms with E-state index in [1.807, 2.05) is 13.8 Å². The van der Waals surface area contributed by atoms with Crippen molar-refractivity contribution in [2.45, 2.75) is 23.9 Å². The highest BCUT2D eigenvalue weighted by molar-refractivity contribution is 7.99. The van der Waals surface area contributed by atoms with E-state index in [-0.39, 0.29) is 50.2 Å². The number of aryl methyl sites for hydroxylation is 2. The van der Waals surface area contributed by atoms with Gasteiger partial charge in [-0.2, -0.15) is 4.31 Å². The lowest BCUT2D eigenvalue weighted by Gasteiger charge is -2.26. The molecule has 2 aromatic heterocycles. The Balaban J connectivity index is 1.43. The Kier molecular flexibility index (Phi) is 9.03. The van der Waals surface area contributed by atoms with Crippen LogP contribution in [0.5, 0.6) is 0 Å². The fourth-order valence-corrected chi connectivity index (χ4v) is 8.01. The number of morpholine rings is 1. The van der Waals surface area contributed by atoms with Crippen molar-refractivity contribution in [1.82, 2.24) is 13.9 Å². The van der Waals surface area contributed by atoms with Gasteiger partial charge in [-0.25, -0.2) is 13.4 Å². The summed E-state index contributed by atoms with van der Waals surface area (Å²) in [7, 11) is -3.79. The van der Waals surface area contributed by atoms with Gasteiger partial charge in [-0.3, -0.25) is 14.2 Å². The third kappa shape index (κ3) is 6.16. The van der Waals surface area contributed by atoms with Crippen LogP contribution in [-0.4, -0.2) is 60.2 Å². The SMILES string of the molecule is Cc1sc2nc(SCC(=O)Nc3cc(S(=O)(=O)N4CCOCC4)ccc3Cl)n(-c3ccc(Cl)c(Cl)c3)c(=O)c2c1C. The number of benzene rings is 2. The van der Waals surface area contributed by atoms with Gasteiger partial charge in [-0.1, -0.05) is 46.6 Å². The number of anilines is 1. The molecule has 0 unspecified atom stereocenters. The molecule has 9 nitrogen and oxygen atoms in total. The zero-order valence-corrected chi connectivity index (χ0v) is 26.5. The van der Waals surface area contributed by atoms with Gasteiger partial charge in [0, 0.05) is 18.0 Å². The van der Waals surface area contributed by atoms with Gasteiger partial charge < -0.3 is 10.1 Å². The minimum atomic E-state index is -3.79. The topological polar surface area (TPSA) is 111 Å². The molecule has 0 radical (unpaired) electrons. The second-order valence-electron chi connectivity index (χ2n) is 9.09. The molecule has 4 aromatic rings. The van der Waals surface area contributed by atoms with E-state index in [0.29, 0.717) is 34.1 Å². The predicted octanol–water partition coefficient (Wildman–Crippen LogP) is 5.78. The van der Waals surface area contributed by atoms with E-state index in [1.54, 1.807) is 18.2 Å². The van der Waals surface area contributed by atoms with Crippen molar-refractivity contribution in [2.75, 3.05) is 37.4 Å². The molecule has 1 aliphatic heterocycles. The Morgan fingerprint density at radius 2 is 1.78 bits per heavy atom. The number of carbonyl (C=O) groups excluding carboxylic acids is 1. The number of nitrogens with one attached hydrogen (secondary N) is 1. The summed E-state index contributed by atoms with van der Waals surface area (Å²) >= 11 is 21.1. The third-order valence-corrected chi connectivity index (χ3v) is 11.5. The first-order valence-corrected chi connectivity index (χ1v) is 16.6. The van der Waals surface area contributed by atoms with Crippen molar-refractivity contribution in [3.05, 3.63) is 72.3 Å². The number of thiophene rings is 1. The van der Waals surface area contributed by atoms with Crippen LogP contribution >= 0.6 is 57.9 Å². The van der Waals surface area contributed by atoms with E-state index in [2.05, 4.69) is 5.32 Å². The molecule has 1 fully saturated rings. The number of hydrogen-bond donors (Lipinski definition) is 1. The van der Waals surface area contributed by atoms with Crippen LogP contribution in [0.25, 0.3) is 15.9 Å². The van der Waals surface area contributed by atoms with Crippen molar-refractivity contribution >= 4 is 89.7 Å². The first-order chi connectivity index (χ1) is 19.5. The van der Waals surface area contributed by atoms with Crippen molar-refractivity contribution in [2.24, 2.45) is 0 Å². The van der Waals surface area contributed by atoms with Gasteiger partial charge in [-0.15, -0.1) is 11.3 Å². The van der Waals surface area contributed by atoms with E-state index >= 15 is 0 Å². The first-order valence-electron chi connectivity index (χ1n) is 12.3. The maximum Gasteiger partial charge on any atom is 0.267 e. The highest BCUT2D eigenvalue weighted by atomic mass is 35.5. The van der Waals surface area contributed by atoms with E-state index in [9.17, 15) is 18.0 Å². The molecule has 41 heavy (non-hydrogen) atoms. The third-order valence-electron chi connectivity index (χ3n) is 6.49. The Hall–Kier alpha value is -2.16. The van der Waals surface area contributed by atoms with Crippen LogP contribution < -0.4 is 10.9 Å². The summed E-state index contributed by atoms with van der Waals surface area (Å²) in [5.74, 6) is -0.606. The maximum atomic E-state index is 13.7. The molecule has 0 aliphatic carbocycles. The quantitative estimate of drug-likeness (QED) is 0.196. The normalized spacial score (nSPS) is 14.5. The van der Waals surface area contributed by atoms with Crippen LogP contribution in [-0.2, 0) is 19.6 Å². The molecular formula is C26H23Cl3N4O5S3. The lowest BCUT2D eigenvalue weighted by atomic mass is 10.2. The zero-order chi connectivity index (χ0) is 29.5. The predicted molar refractivity (Wildman–Crippen MR) is 165 cm³/mol. The lowest BCUT2D eigenvalue weighted by molar-refractivity contribution is -0.113. The van der Waals surface area contributed by atoms with Gasteiger partial charge in [0.05, 0.1) is 55.7 Å². The number of rotatable bonds is 7. The van der Waals surface area contributed by atoms with Crippen molar-refractivity contribution in [3.63, 3.8) is 0 Å². The Morgan fingerprint density at radius 1 is 1.07 bits per heavy atom. The minimum absolute atomic E-state index is 0.00996. The smallest absolute Gasteiger partial charge is 0.267 e. The zero-order valence-electron chi connectivity index (χ0n) is 21.7. The van der Waals surface area contributed by atoms with Crippen LogP contribution in [0.3, 0.4) is 0 Å². The summed E-state index contributed by atoms with van der Waals surface area (Å²) in [6, 6.07) is 8.97. The molecule has 1 amide bonds. The standard InChI is InChI=1S/C26H23Cl3N4O5S3/c1-14-15(2)40-24-23(14)25(35)33(16-3-5-18(27)20(29)11-16)26(31-24)39-13-22(34)30-21-12-17(4-6-19(21)28)41(36,37)32-7-9-38-10-8-32/h3-6,11-12H,7-10,13H2,1-2H3,(H,30,34). The Morgan fingerprint density at radius 3 is 2.49 bits per heavy atom. The number of fused-ring (bicyclic) bond motifs is 1. The number of thioether (sulfide) groups is 1. The molecule has 0 spiro atoms. The van der Waals surface area contributed by atoms with E-state index < -0.39 is 15.9 Å². The molecule has 0 bridgehead atoms. The number of ether oxygens (including phenoxy) is 1. The largest absolute Gasteiger partial charge is 0.379 e. The molecule has 0 atom stereocenters. The molecule has 5 rings (SSSR count). The molecule has 216 valence electrons. The monoisotopic (exact) mass is 672 g/mol. The highest BCUT2D eigenvalue weighted by Gasteiger charge is 2.27. The fourth-order valence-electron chi connectivity index (χ4n) is 4.24. The highest BCUT2D eigenvalue weighted by Crippen LogP contribution is 2.32. The molecule has 15 heteroatoms. The first kappa shape index (κ1) is 30.3. The van der Waals surface area contributed by atoms with Gasteiger partial charge >= 0.3 is 0 Å². The van der Waals surface area contributed by atoms with Crippen LogP contribution in [0.4, 0.5) is 5.69 Å². The van der Waals surface area contributed by atoms with E-state index in [1.165, 1.54) is 38.4 Å². The molecule has 1 aliphatic rings. The van der Waals surface area contributed by atoms with Gasteiger partial charge in [-0.05, 0) is 55.8 Å². The molecule has 2 aromatic carbocycles. The van der Waals surface area contributed by atoms with Gasteiger partial charge in [0.1, 0.15) is 4.83 Å². The van der Waals surface area contributed by atoms with Crippen LogP contribution in [0.2, 0.25) is 15.1 Å². The summed E-state index contributed by atoms with van der Waals surface area (Å²) in [6.07, 6.45) is 0. The minimum Gasteiger partial charge on any atom is -0.379 e. The number of carbonyl (C=O) groups is 1. The van der Waals surface area contributed by atoms with Gasteiger partial charge in [0.15, 0.2) is 5.16 Å². The van der Waals surface area contributed by atoms with Gasteiger partial charge in [0.2, 0.25) is 15.9 Å². The Bertz CT molecular complexity index is 1840. The maximum absolute atomic E-state index is 13.7. The second-order valence-corrected chi connectivity index (χ2v) is 14.4. The van der Waals surface area contributed by atoms with E-state index in [0.717, 1.165) is 22.2 Å². The number of nitrogens with zero attached hydrogens (tertiary/aromatic N) is 3. The van der Waals surface area contributed by atoms with Crippen molar-refractivity contribution < 1.29 is 17.9 Å². The molecule has 1 saturated heterocycles. The van der Waals surface area contributed by atoms with Gasteiger partial charge in [0.25, 0.3) is 5.56 Å². The molecule has 3 heterocycles.